The van der Waals surface area contributed by atoms with E-state index in [9.17, 15) is 4.79 Å². The van der Waals surface area contributed by atoms with Gasteiger partial charge in [0.1, 0.15) is 0 Å². The van der Waals surface area contributed by atoms with Gasteiger partial charge in [-0.25, -0.2) is 0 Å². The zero-order valence-electron chi connectivity index (χ0n) is 12.3. The highest BCUT2D eigenvalue weighted by Gasteiger charge is 2.37. The Hall–Kier alpha value is -0.870. The van der Waals surface area contributed by atoms with E-state index in [1.165, 1.54) is 37.1 Å². The maximum atomic E-state index is 12.5. The lowest BCUT2D eigenvalue weighted by Gasteiger charge is -2.33. The molecular weight excluding hydrogens is 268 g/mol. The van der Waals surface area contributed by atoms with Crippen molar-refractivity contribution in [3.63, 3.8) is 0 Å². The van der Waals surface area contributed by atoms with Crippen LogP contribution in [0.5, 0.6) is 0 Å². The molecule has 2 saturated heterocycles. The number of hydrogen-bond acceptors (Lipinski definition) is 3. The number of nitrogens with zero attached hydrogens (tertiary/aromatic N) is 2. The molecule has 0 N–H and O–H groups in total. The molecule has 2 aliphatic rings. The Morgan fingerprint density at radius 2 is 2.10 bits per heavy atom. The molecule has 1 aromatic heterocycles. The molecule has 0 aliphatic carbocycles. The predicted octanol–water partition coefficient (Wildman–Crippen LogP) is 2.77. The number of rotatable bonds is 4. The zero-order valence-corrected chi connectivity index (χ0v) is 13.1. The van der Waals surface area contributed by atoms with Gasteiger partial charge in [-0.2, -0.15) is 0 Å². The Morgan fingerprint density at radius 3 is 2.80 bits per heavy atom. The van der Waals surface area contributed by atoms with Crippen molar-refractivity contribution in [1.29, 1.82) is 0 Å². The maximum Gasteiger partial charge on any atom is 0.223 e. The highest BCUT2D eigenvalue weighted by atomic mass is 32.1. The second-order valence-corrected chi connectivity index (χ2v) is 7.10. The van der Waals surface area contributed by atoms with Gasteiger partial charge in [-0.1, -0.05) is 6.07 Å². The van der Waals surface area contributed by atoms with Crippen molar-refractivity contribution in [3.8, 4) is 0 Å². The third-order valence-corrected chi connectivity index (χ3v) is 5.74. The minimum Gasteiger partial charge on any atom is -0.338 e. The molecule has 3 heterocycles. The fraction of sp³-hybridized carbons (Fsp3) is 0.688. The molecule has 110 valence electrons. The van der Waals surface area contributed by atoms with E-state index >= 15 is 0 Å². The summed E-state index contributed by atoms with van der Waals surface area (Å²) in [6.07, 6.45) is 6.50. The van der Waals surface area contributed by atoms with Gasteiger partial charge in [-0.3, -0.25) is 4.79 Å². The Kier molecular flexibility index (Phi) is 4.41. The van der Waals surface area contributed by atoms with Crippen LogP contribution in [0.1, 0.15) is 37.0 Å². The summed E-state index contributed by atoms with van der Waals surface area (Å²) in [5.74, 6) is 0.362. The lowest BCUT2D eigenvalue weighted by Crippen LogP contribution is -2.47. The van der Waals surface area contributed by atoms with Gasteiger partial charge in [0.05, 0.1) is 0 Å². The lowest BCUT2D eigenvalue weighted by molar-refractivity contribution is -0.132. The van der Waals surface area contributed by atoms with Gasteiger partial charge in [-0.05, 0) is 57.1 Å². The van der Waals surface area contributed by atoms with Crippen LogP contribution in [-0.4, -0.2) is 47.9 Å². The summed E-state index contributed by atoms with van der Waals surface area (Å²) in [6, 6.07) is 5.27. The van der Waals surface area contributed by atoms with Crippen LogP contribution >= 0.6 is 11.3 Å². The second-order valence-electron chi connectivity index (χ2n) is 6.07. The summed E-state index contributed by atoms with van der Waals surface area (Å²) in [6.45, 7) is 2.16. The summed E-state index contributed by atoms with van der Waals surface area (Å²) in [7, 11) is 2.21. The topological polar surface area (TPSA) is 23.6 Å². The van der Waals surface area contributed by atoms with Crippen molar-refractivity contribution < 1.29 is 4.79 Å². The normalized spacial score (nSPS) is 27.4. The van der Waals surface area contributed by atoms with Crippen molar-refractivity contribution in [2.75, 3.05) is 20.1 Å². The van der Waals surface area contributed by atoms with Crippen molar-refractivity contribution >= 4 is 17.2 Å². The number of carbonyl (C=O) groups is 1. The van der Waals surface area contributed by atoms with E-state index < -0.39 is 0 Å². The number of aryl methyl sites for hydroxylation is 1. The SMILES string of the molecule is CN1CCC[C@H]1[C@H]1CCCN1C(=O)CCc1cccs1. The standard InChI is InChI=1S/C16H24N2OS/c1-17-10-2-6-14(17)15-7-3-11-18(15)16(19)9-8-13-5-4-12-20-13/h4-5,12,14-15H,2-3,6-11H2,1H3/t14-,15+/m0/s1. The van der Waals surface area contributed by atoms with E-state index in [0.717, 1.165) is 13.0 Å². The van der Waals surface area contributed by atoms with E-state index in [0.29, 0.717) is 24.4 Å². The molecule has 0 saturated carbocycles. The van der Waals surface area contributed by atoms with Crippen molar-refractivity contribution in [3.05, 3.63) is 22.4 Å². The van der Waals surface area contributed by atoms with Crippen LogP contribution in [0.2, 0.25) is 0 Å². The van der Waals surface area contributed by atoms with Crippen LogP contribution in [0.25, 0.3) is 0 Å². The average molecular weight is 292 g/mol. The minimum absolute atomic E-state index is 0.362. The predicted molar refractivity (Wildman–Crippen MR) is 83.0 cm³/mol. The van der Waals surface area contributed by atoms with Crippen LogP contribution in [-0.2, 0) is 11.2 Å². The molecule has 0 spiro atoms. The highest BCUT2D eigenvalue weighted by Crippen LogP contribution is 2.29. The molecule has 1 amide bonds. The van der Waals surface area contributed by atoms with E-state index in [1.807, 2.05) is 0 Å². The number of amides is 1. The van der Waals surface area contributed by atoms with E-state index in [-0.39, 0.29) is 0 Å². The van der Waals surface area contributed by atoms with Crippen LogP contribution in [0.15, 0.2) is 17.5 Å². The molecule has 0 unspecified atom stereocenters. The Morgan fingerprint density at radius 1 is 1.30 bits per heavy atom. The molecule has 0 bridgehead atoms. The molecule has 4 heteroatoms. The Balaban J connectivity index is 1.58. The van der Waals surface area contributed by atoms with E-state index in [2.05, 4.69) is 34.4 Å². The van der Waals surface area contributed by atoms with E-state index in [1.54, 1.807) is 11.3 Å². The molecule has 0 aromatic carbocycles. The first-order chi connectivity index (χ1) is 9.75. The second kappa shape index (κ2) is 6.27. The van der Waals surface area contributed by atoms with Crippen molar-refractivity contribution in [1.82, 2.24) is 9.80 Å². The van der Waals surface area contributed by atoms with Gasteiger partial charge in [0, 0.05) is 29.9 Å². The number of likely N-dealkylation sites (tertiary alicyclic amines) is 2. The first kappa shape index (κ1) is 14.1. The van der Waals surface area contributed by atoms with Gasteiger partial charge in [0.2, 0.25) is 5.91 Å². The molecule has 3 rings (SSSR count). The van der Waals surface area contributed by atoms with Crippen LogP contribution in [0, 0.1) is 0 Å². The largest absolute Gasteiger partial charge is 0.338 e. The molecule has 2 atom stereocenters. The van der Waals surface area contributed by atoms with Gasteiger partial charge in [0.15, 0.2) is 0 Å². The van der Waals surface area contributed by atoms with Crippen LogP contribution in [0.3, 0.4) is 0 Å². The smallest absolute Gasteiger partial charge is 0.223 e. The minimum atomic E-state index is 0.362. The first-order valence-electron chi connectivity index (χ1n) is 7.78. The van der Waals surface area contributed by atoms with Crippen molar-refractivity contribution in [2.24, 2.45) is 0 Å². The van der Waals surface area contributed by atoms with Crippen molar-refractivity contribution in [2.45, 2.75) is 50.6 Å². The fourth-order valence-corrected chi connectivity index (χ4v) is 4.46. The third-order valence-electron chi connectivity index (χ3n) is 4.81. The first-order valence-corrected chi connectivity index (χ1v) is 8.66. The lowest BCUT2D eigenvalue weighted by atomic mass is 10.0. The number of likely N-dealkylation sites (N-methyl/N-ethyl adjacent to an activating group) is 1. The number of carbonyl (C=O) groups excluding carboxylic acids is 1. The average Bonchev–Trinajstić information content (AvgIpc) is 3.16. The van der Waals surface area contributed by atoms with Gasteiger partial charge in [0.25, 0.3) is 0 Å². The molecule has 3 nitrogen and oxygen atoms in total. The Bertz CT molecular complexity index is 445. The molecule has 0 radical (unpaired) electrons. The third kappa shape index (κ3) is 2.91. The summed E-state index contributed by atoms with van der Waals surface area (Å²) in [5.41, 5.74) is 0. The maximum absolute atomic E-state index is 12.5. The van der Waals surface area contributed by atoms with Crippen LogP contribution < -0.4 is 0 Å². The summed E-state index contributed by atoms with van der Waals surface area (Å²) < 4.78 is 0. The van der Waals surface area contributed by atoms with E-state index in [4.69, 9.17) is 0 Å². The van der Waals surface area contributed by atoms with Crippen LogP contribution in [0.4, 0.5) is 0 Å². The van der Waals surface area contributed by atoms with Gasteiger partial charge < -0.3 is 9.80 Å². The Labute approximate surface area is 125 Å². The monoisotopic (exact) mass is 292 g/mol. The quantitative estimate of drug-likeness (QED) is 0.852. The fourth-order valence-electron chi connectivity index (χ4n) is 3.75. The molecule has 1 aromatic rings. The molecule has 2 aliphatic heterocycles. The molecule has 2 fully saturated rings. The van der Waals surface area contributed by atoms with Gasteiger partial charge >= 0.3 is 0 Å². The molecule has 20 heavy (non-hydrogen) atoms. The summed E-state index contributed by atoms with van der Waals surface area (Å²) >= 11 is 1.75. The highest BCUT2D eigenvalue weighted by molar-refractivity contribution is 7.09. The molecular formula is C16H24N2OS. The number of hydrogen-bond donors (Lipinski definition) is 0. The van der Waals surface area contributed by atoms with Gasteiger partial charge in [-0.15, -0.1) is 11.3 Å². The number of thiophene rings is 1. The zero-order chi connectivity index (χ0) is 13.9. The summed E-state index contributed by atoms with van der Waals surface area (Å²) in [4.78, 5) is 18.5. The summed E-state index contributed by atoms with van der Waals surface area (Å²) in [5, 5.41) is 2.09.